The first kappa shape index (κ1) is 17.3. The highest BCUT2D eigenvalue weighted by atomic mass is 15.2. The minimum atomic E-state index is 0.663. The third-order valence-electron chi connectivity index (χ3n) is 4.95. The molecule has 1 saturated heterocycles. The zero-order chi connectivity index (χ0) is 18.5. The summed E-state index contributed by atoms with van der Waals surface area (Å²) in [5.74, 6) is 1.45. The van der Waals surface area contributed by atoms with Crippen LogP contribution in [0.5, 0.6) is 0 Å². The summed E-state index contributed by atoms with van der Waals surface area (Å²) < 4.78 is 0. The standard InChI is InChI=1S/C22H25N5/c1-26(19-8-4-2-5-9-19)22-23-15-14-21(25-22)24-18-10-12-20(13-11-18)27-16-6-3-7-17-27/h2,4-5,8-15H,3,6-7,16-17H2,1H3,(H,23,24,25). The van der Waals surface area contributed by atoms with Crippen LogP contribution in [0.4, 0.5) is 28.8 Å². The lowest BCUT2D eigenvalue weighted by molar-refractivity contribution is 0.578. The number of hydrogen-bond donors (Lipinski definition) is 1. The summed E-state index contributed by atoms with van der Waals surface area (Å²) in [4.78, 5) is 13.5. The summed E-state index contributed by atoms with van der Waals surface area (Å²) in [5, 5.41) is 3.38. The fraction of sp³-hybridized carbons (Fsp3) is 0.273. The SMILES string of the molecule is CN(c1ccccc1)c1nccc(Nc2ccc(N3CCCCC3)cc2)n1. The van der Waals surface area contributed by atoms with Crippen LogP contribution in [-0.2, 0) is 0 Å². The topological polar surface area (TPSA) is 44.3 Å². The molecule has 27 heavy (non-hydrogen) atoms. The lowest BCUT2D eigenvalue weighted by atomic mass is 10.1. The Morgan fingerprint density at radius 2 is 1.63 bits per heavy atom. The van der Waals surface area contributed by atoms with Crippen molar-refractivity contribution in [3.8, 4) is 0 Å². The van der Waals surface area contributed by atoms with Crippen molar-refractivity contribution in [3.05, 3.63) is 66.9 Å². The summed E-state index contributed by atoms with van der Waals surface area (Å²) in [6.07, 6.45) is 5.72. The van der Waals surface area contributed by atoms with Crippen LogP contribution in [0.3, 0.4) is 0 Å². The predicted molar refractivity (Wildman–Crippen MR) is 112 cm³/mol. The molecule has 5 nitrogen and oxygen atoms in total. The molecule has 4 rings (SSSR count). The Morgan fingerprint density at radius 3 is 2.37 bits per heavy atom. The van der Waals surface area contributed by atoms with Gasteiger partial charge < -0.3 is 15.1 Å². The van der Waals surface area contributed by atoms with E-state index in [2.05, 4.69) is 44.5 Å². The molecule has 1 fully saturated rings. The van der Waals surface area contributed by atoms with Gasteiger partial charge in [-0.15, -0.1) is 0 Å². The number of para-hydroxylation sites is 1. The molecular weight excluding hydrogens is 334 g/mol. The van der Waals surface area contributed by atoms with E-state index in [4.69, 9.17) is 0 Å². The van der Waals surface area contributed by atoms with E-state index in [-0.39, 0.29) is 0 Å². The molecule has 0 atom stereocenters. The average molecular weight is 359 g/mol. The van der Waals surface area contributed by atoms with Gasteiger partial charge in [-0.05, 0) is 61.7 Å². The maximum absolute atomic E-state index is 4.65. The smallest absolute Gasteiger partial charge is 0.231 e. The van der Waals surface area contributed by atoms with Gasteiger partial charge >= 0.3 is 0 Å². The number of aromatic nitrogens is 2. The first-order valence-electron chi connectivity index (χ1n) is 9.53. The summed E-state index contributed by atoms with van der Waals surface area (Å²) in [6.45, 7) is 2.32. The normalized spacial score (nSPS) is 14.0. The van der Waals surface area contributed by atoms with Crippen molar-refractivity contribution in [1.82, 2.24) is 9.97 Å². The van der Waals surface area contributed by atoms with Gasteiger partial charge in [-0.2, -0.15) is 4.98 Å². The molecule has 1 aliphatic heterocycles. The van der Waals surface area contributed by atoms with E-state index in [1.807, 2.05) is 48.3 Å². The minimum Gasteiger partial charge on any atom is -0.372 e. The van der Waals surface area contributed by atoms with Crippen molar-refractivity contribution in [1.29, 1.82) is 0 Å². The molecule has 0 amide bonds. The van der Waals surface area contributed by atoms with Gasteiger partial charge in [0.2, 0.25) is 5.95 Å². The molecule has 0 aliphatic carbocycles. The highest BCUT2D eigenvalue weighted by Gasteiger charge is 2.11. The van der Waals surface area contributed by atoms with E-state index in [1.165, 1.54) is 24.9 Å². The maximum atomic E-state index is 4.65. The van der Waals surface area contributed by atoms with Crippen molar-refractivity contribution in [2.45, 2.75) is 19.3 Å². The van der Waals surface area contributed by atoms with Gasteiger partial charge in [0.1, 0.15) is 5.82 Å². The number of nitrogens with one attached hydrogen (secondary N) is 1. The van der Waals surface area contributed by atoms with Crippen LogP contribution in [0.15, 0.2) is 66.9 Å². The Kier molecular flexibility index (Phi) is 5.19. The van der Waals surface area contributed by atoms with Gasteiger partial charge in [-0.3, -0.25) is 0 Å². The van der Waals surface area contributed by atoms with Gasteiger partial charge in [0.25, 0.3) is 0 Å². The summed E-state index contributed by atoms with van der Waals surface area (Å²) in [7, 11) is 1.97. The van der Waals surface area contributed by atoms with E-state index in [0.29, 0.717) is 5.95 Å². The molecule has 0 saturated carbocycles. The van der Waals surface area contributed by atoms with Crippen LogP contribution in [0, 0.1) is 0 Å². The first-order valence-corrected chi connectivity index (χ1v) is 9.53. The van der Waals surface area contributed by atoms with E-state index < -0.39 is 0 Å². The van der Waals surface area contributed by atoms with Crippen LogP contribution in [-0.4, -0.2) is 30.1 Å². The molecule has 138 valence electrons. The van der Waals surface area contributed by atoms with Crippen LogP contribution >= 0.6 is 0 Å². The second-order valence-corrected chi connectivity index (χ2v) is 6.86. The van der Waals surface area contributed by atoms with Crippen LogP contribution < -0.4 is 15.1 Å². The first-order chi connectivity index (χ1) is 13.3. The van der Waals surface area contributed by atoms with Crippen LogP contribution in [0.1, 0.15) is 19.3 Å². The fourth-order valence-electron chi connectivity index (χ4n) is 3.40. The largest absolute Gasteiger partial charge is 0.372 e. The van der Waals surface area contributed by atoms with Gasteiger partial charge in [0, 0.05) is 43.4 Å². The molecule has 3 aromatic rings. The number of benzene rings is 2. The Hall–Kier alpha value is -3.08. The summed E-state index contributed by atoms with van der Waals surface area (Å²) in [6, 6.07) is 20.6. The summed E-state index contributed by atoms with van der Waals surface area (Å²) >= 11 is 0. The second kappa shape index (κ2) is 8.08. The van der Waals surface area contributed by atoms with Crippen molar-refractivity contribution in [2.75, 3.05) is 35.3 Å². The predicted octanol–water partition coefficient (Wildman–Crippen LogP) is 4.98. The molecule has 0 bridgehead atoms. The quantitative estimate of drug-likeness (QED) is 0.696. The van der Waals surface area contributed by atoms with Crippen LogP contribution in [0.2, 0.25) is 0 Å². The molecular formula is C22H25N5. The Bertz CT molecular complexity index is 857. The number of nitrogens with zero attached hydrogens (tertiary/aromatic N) is 4. The molecule has 5 heteroatoms. The molecule has 2 aromatic carbocycles. The molecule has 0 radical (unpaired) electrons. The number of hydrogen-bond acceptors (Lipinski definition) is 5. The zero-order valence-corrected chi connectivity index (χ0v) is 15.7. The lowest BCUT2D eigenvalue weighted by Crippen LogP contribution is -2.29. The molecule has 1 aliphatic rings. The van der Waals surface area contributed by atoms with E-state index >= 15 is 0 Å². The Balaban J connectivity index is 1.46. The monoisotopic (exact) mass is 359 g/mol. The lowest BCUT2D eigenvalue weighted by Gasteiger charge is -2.28. The Labute approximate surface area is 160 Å². The molecule has 0 spiro atoms. The number of rotatable bonds is 5. The Morgan fingerprint density at radius 1 is 0.889 bits per heavy atom. The third-order valence-corrected chi connectivity index (χ3v) is 4.95. The molecule has 1 aromatic heterocycles. The van der Waals surface area contributed by atoms with Crippen molar-refractivity contribution in [3.63, 3.8) is 0 Å². The molecule has 0 unspecified atom stereocenters. The van der Waals surface area contributed by atoms with Gasteiger partial charge in [0.15, 0.2) is 0 Å². The van der Waals surface area contributed by atoms with Gasteiger partial charge in [0.05, 0.1) is 0 Å². The van der Waals surface area contributed by atoms with E-state index in [1.54, 1.807) is 6.20 Å². The van der Waals surface area contributed by atoms with Gasteiger partial charge in [-0.1, -0.05) is 18.2 Å². The average Bonchev–Trinajstić information content (AvgIpc) is 2.75. The van der Waals surface area contributed by atoms with Crippen molar-refractivity contribution in [2.24, 2.45) is 0 Å². The number of piperidine rings is 1. The van der Waals surface area contributed by atoms with Crippen molar-refractivity contribution < 1.29 is 0 Å². The minimum absolute atomic E-state index is 0.663. The van der Waals surface area contributed by atoms with Crippen LogP contribution in [0.25, 0.3) is 0 Å². The van der Waals surface area contributed by atoms with Crippen molar-refractivity contribution >= 4 is 28.8 Å². The maximum Gasteiger partial charge on any atom is 0.231 e. The molecule has 2 heterocycles. The van der Waals surface area contributed by atoms with E-state index in [9.17, 15) is 0 Å². The second-order valence-electron chi connectivity index (χ2n) is 6.86. The number of anilines is 5. The van der Waals surface area contributed by atoms with Gasteiger partial charge in [-0.25, -0.2) is 4.98 Å². The third kappa shape index (κ3) is 4.19. The summed E-state index contributed by atoms with van der Waals surface area (Å²) in [5.41, 5.74) is 3.38. The van der Waals surface area contributed by atoms with E-state index in [0.717, 1.165) is 30.3 Å². The zero-order valence-electron chi connectivity index (χ0n) is 15.7. The highest BCUT2D eigenvalue weighted by molar-refractivity contribution is 5.63. The fourth-order valence-corrected chi connectivity index (χ4v) is 3.40. The highest BCUT2D eigenvalue weighted by Crippen LogP contribution is 2.24. The molecule has 1 N–H and O–H groups in total.